The summed E-state index contributed by atoms with van der Waals surface area (Å²) in [6, 6.07) is 7.19. The Bertz CT molecular complexity index is 416. The van der Waals surface area contributed by atoms with Crippen molar-refractivity contribution < 1.29 is 9.53 Å². The van der Waals surface area contributed by atoms with Gasteiger partial charge in [-0.3, -0.25) is 4.79 Å². The predicted octanol–water partition coefficient (Wildman–Crippen LogP) is 3.22. The fourth-order valence-electron chi connectivity index (χ4n) is 1.39. The fourth-order valence-corrected chi connectivity index (χ4v) is 1.45. The first-order valence-corrected chi connectivity index (χ1v) is 6.50. The zero-order chi connectivity index (χ0) is 13.8. The molecule has 0 bridgehead atoms. The summed E-state index contributed by atoms with van der Waals surface area (Å²) in [4.78, 5) is 12.2. The van der Waals surface area contributed by atoms with Gasteiger partial charge in [-0.15, -0.1) is 11.6 Å². The van der Waals surface area contributed by atoms with Gasteiger partial charge in [0.15, 0.2) is 0 Å². The summed E-state index contributed by atoms with van der Waals surface area (Å²) in [5.74, 6) is 0.423. The maximum absolute atomic E-state index is 12.2. The number of nitrogens with one attached hydrogen (secondary N) is 1. The van der Waals surface area contributed by atoms with E-state index < -0.39 is 5.54 Å². The van der Waals surface area contributed by atoms with Gasteiger partial charge in [-0.1, -0.05) is 12.1 Å². The molecule has 0 saturated heterocycles. The lowest BCUT2D eigenvalue weighted by Gasteiger charge is -2.29. The molecule has 0 radical (unpaired) electrons. The van der Waals surface area contributed by atoms with E-state index in [-0.39, 0.29) is 11.3 Å². The molecule has 1 amide bonds. The second-order valence-corrected chi connectivity index (χ2v) is 5.38. The Morgan fingerprint density at radius 1 is 1.44 bits per heavy atom. The lowest BCUT2D eigenvalue weighted by Crippen LogP contribution is -2.49. The van der Waals surface area contributed by atoms with E-state index in [1.807, 2.05) is 39.8 Å². The number of hydrogen-bond donors (Lipinski definition) is 1. The summed E-state index contributed by atoms with van der Waals surface area (Å²) < 4.78 is 5.44. The Labute approximate surface area is 113 Å². The molecule has 4 heteroatoms. The van der Waals surface area contributed by atoms with Gasteiger partial charge in [0.1, 0.15) is 5.75 Å². The molecular formula is C14H20ClNO2. The molecule has 0 fully saturated rings. The topological polar surface area (TPSA) is 38.3 Å². The van der Waals surface area contributed by atoms with Crippen molar-refractivity contribution in [2.24, 2.45) is 0 Å². The van der Waals surface area contributed by atoms with Crippen LogP contribution in [0.1, 0.15) is 38.1 Å². The first kappa shape index (κ1) is 14.8. The van der Waals surface area contributed by atoms with Gasteiger partial charge in [0.2, 0.25) is 0 Å². The molecule has 0 heterocycles. The molecule has 18 heavy (non-hydrogen) atoms. The molecule has 3 nitrogen and oxygen atoms in total. The van der Waals surface area contributed by atoms with Crippen LogP contribution < -0.4 is 10.1 Å². The van der Waals surface area contributed by atoms with Gasteiger partial charge < -0.3 is 10.1 Å². The molecule has 1 aromatic carbocycles. The van der Waals surface area contributed by atoms with Crippen molar-refractivity contribution in [1.29, 1.82) is 0 Å². The Morgan fingerprint density at radius 2 is 2.06 bits per heavy atom. The van der Waals surface area contributed by atoms with Crippen LogP contribution in [0.15, 0.2) is 24.3 Å². The Balaban J connectivity index is 2.91. The van der Waals surface area contributed by atoms with Crippen LogP contribution in [0.2, 0.25) is 0 Å². The zero-order valence-electron chi connectivity index (χ0n) is 11.3. The SMILES string of the molecule is CCOc1ccccc1C(=O)NC(C)(C)C(C)Cl. The molecule has 0 saturated carbocycles. The molecule has 1 atom stereocenters. The van der Waals surface area contributed by atoms with Crippen LogP contribution in [0, 0.1) is 0 Å². The third-order valence-electron chi connectivity index (χ3n) is 2.86. The summed E-state index contributed by atoms with van der Waals surface area (Å²) in [5, 5.41) is 2.75. The molecule has 0 aromatic heterocycles. The van der Waals surface area contributed by atoms with Crippen LogP contribution in [0.5, 0.6) is 5.75 Å². The molecule has 0 aliphatic rings. The van der Waals surface area contributed by atoms with E-state index in [4.69, 9.17) is 16.3 Å². The van der Waals surface area contributed by atoms with Crippen molar-refractivity contribution in [1.82, 2.24) is 5.32 Å². The van der Waals surface area contributed by atoms with Crippen LogP contribution in [0.4, 0.5) is 0 Å². The van der Waals surface area contributed by atoms with Crippen molar-refractivity contribution in [2.75, 3.05) is 6.61 Å². The second kappa shape index (κ2) is 6.10. The number of para-hydroxylation sites is 1. The molecule has 0 spiro atoms. The van der Waals surface area contributed by atoms with Crippen molar-refractivity contribution in [3.8, 4) is 5.75 Å². The number of alkyl halides is 1. The van der Waals surface area contributed by atoms with Gasteiger partial charge in [-0.05, 0) is 39.8 Å². The van der Waals surface area contributed by atoms with Gasteiger partial charge in [0.25, 0.3) is 5.91 Å². The predicted molar refractivity (Wildman–Crippen MR) is 74.5 cm³/mol. The average molecular weight is 270 g/mol. The van der Waals surface area contributed by atoms with Crippen molar-refractivity contribution in [3.05, 3.63) is 29.8 Å². The lowest BCUT2D eigenvalue weighted by atomic mass is 10.0. The van der Waals surface area contributed by atoms with E-state index in [0.717, 1.165) is 0 Å². The quantitative estimate of drug-likeness (QED) is 0.834. The van der Waals surface area contributed by atoms with E-state index in [0.29, 0.717) is 17.9 Å². The Hall–Kier alpha value is -1.22. The molecule has 100 valence electrons. The summed E-state index contributed by atoms with van der Waals surface area (Å²) >= 11 is 6.06. The number of ether oxygens (including phenoxy) is 1. The lowest BCUT2D eigenvalue weighted by molar-refractivity contribution is 0.0908. The van der Waals surface area contributed by atoms with Gasteiger partial charge in [0, 0.05) is 0 Å². The number of hydrogen-bond acceptors (Lipinski definition) is 2. The van der Waals surface area contributed by atoms with Gasteiger partial charge in [0.05, 0.1) is 23.1 Å². The fraction of sp³-hybridized carbons (Fsp3) is 0.500. The highest BCUT2D eigenvalue weighted by atomic mass is 35.5. The maximum atomic E-state index is 12.2. The monoisotopic (exact) mass is 269 g/mol. The number of benzene rings is 1. The third-order valence-corrected chi connectivity index (χ3v) is 3.41. The van der Waals surface area contributed by atoms with Crippen LogP contribution in [-0.2, 0) is 0 Å². The van der Waals surface area contributed by atoms with E-state index >= 15 is 0 Å². The highest BCUT2D eigenvalue weighted by Gasteiger charge is 2.27. The largest absolute Gasteiger partial charge is 0.493 e. The van der Waals surface area contributed by atoms with Crippen LogP contribution in [0.3, 0.4) is 0 Å². The van der Waals surface area contributed by atoms with Crippen molar-refractivity contribution >= 4 is 17.5 Å². The Kier molecular flexibility index (Phi) is 5.03. The first-order valence-electron chi connectivity index (χ1n) is 6.07. The van der Waals surface area contributed by atoms with Crippen LogP contribution in [-0.4, -0.2) is 23.4 Å². The number of carbonyl (C=O) groups excluding carboxylic acids is 1. The molecule has 1 aromatic rings. The zero-order valence-corrected chi connectivity index (χ0v) is 12.0. The minimum Gasteiger partial charge on any atom is -0.493 e. The summed E-state index contributed by atoms with van der Waals surface area (Å²) in [6.07, 6.45) is 0. The minimum absolute atomic E-state index is 0.166. The van der Waals surface area contributed by atoms with Gasteiger partial charge in [-0.25, -0.2) is 0 Å². The molecule has 1 rings (SSSR count). The van der Waals surface area contributed by atoms with Crippen molar-refractivity contribution in [2.45, 2.75) is 38.6 Å². The van der Waals surface area contributed by atoms with E-state index in [2.05, 4.69) is 5.32 Å². The standard InChI is InChI=1S/C14H20ClNO2/c1-5-18-12-9-7-6-8-11(12)13(17)16-14(3,4)10(2)15/h6-10H,5H2,1-4H3,(H,16,17). The number of halogens is 1. The maximum Gasteiger partial charge on any atom is 0.255 e. The normalized spacial score (nSPS) is 12.9. The molecule has 1 N–H and O–H groups in total. The van der Waals surface area contributed by atoms with Crippen molar-refractivity contribution in [3.63, 3.8) is 0 Å². The number of amides is 1. The van der Waals surface area contributed by atoms with Crippen LogP contribution >= 0.6 is 11.6 Å². The van der Waals surface area contributed by atoms with Crippen LogP contribution in [0.25, 0.3) is 0 Å². The summed E-state index contributed by atoms with van der Waals surface area (Å²) in [6.45, 7) is 8.06. The summed E-state index contributed by atoms with van der Waals surface area (Å²) in [5.41, 5.74) is 0.0579. The third kappa shape index (κ3) is 3.64. The van der Waals surface area contributed by atoms with E-state index in [1.54, 1.807) is 12.1 Å². The highest BCUT2D eigenvalue weighted by molar-refractivity contribution is 6.21. The smallest absolute Gasteiger partial charge is 0.255 e. The van der Waals surface area contributed by atoms with Gasteiger partial charge >= 0.3 is 0 Å². The number of carbonyl (C=O) groups is 1. The molecule has 0 aliphatic carbocycles. The van der Waals surface area contributed by atoms with E-state index in [1.165, 1.54) is 0 Å². The first-order chi connectivity index (χ1) is 8.38. The summed E-state index contributed by atoms with van der Waals surface area (Å²) in [7, 11) is 0. The average Bonchev–Trinajstić information content (AvgIpc) is 2.29. The minimum atomic E-state index is -0.474. The molecule has 0 aliphatic heterocycles. The second-order valence-electron chi connectivity index (χ2n) is 4.72. The highest BCUT2D eigenvalue weighted by Crippen LogP contribution is 2.20. The molecule has 1 unspecified atom stereocenters. The van der Waals surface area contributed by atoms with Gasteiger partial charge in [-0.2, -0.15) is 0 Å². The van der Waals surface area contributed by atoms with E-state index in [9.17, 15) is 4.79 Å². The Morgan fingerprint density at radius 3 is 2.61 bits per heavy atom. The number of rotatable bonds is 5. The molecular weight excluding hydrogens is 250 g/mol.